The first-order valence-corrected chi connectivity index (χ1v) is 12.8. The zero-order valence-electron chi connectivity index (χ0n) is 21.3. The molecule has 2 aliphatic rings. The number of carbonyl (C=O) groups excluding carboxylic acids is 1. The molecule has 1 N–H and O–H groups in total. The molecule has 1 fully saturated rings. The highest BCUT2D eigenvalue weighted by atomic mass is 32.2. The minimum absolute atomic E-state index is 0.0914. The molecule has 0 aromatic heterocycles. The van der Waals surface area contributed by atoms with Crippen LogP contribution in [0.5, 0.6) is 5.75 Å². The summed E-state index contributed by atoms with van der Waals surface area (Å²) in [5.74, 6) is 1.08. The summed E-state index contributed by atoms with van der Waals surface area (Å²) in [6, 6.07) is 10.5. The smallest absolute Gasteiger partial charge is 0.264 e. The van der Waals surface area contributed by atoms with Crippen LogP contribution in [0.2, 0.25) is 0 Å². The van der Waals surface area contributed by atoms with Crippen LogP contribution >= 0.6 is 11.8 Å². The minimum atomic E-state index is -0.130. The number of aryl methyl sites for hydroxylation is 2. The number of hydrogen-bond acceptors (Lipinski definition) is 5. The molecule has 0 aliphatic carbocycles. The number of carbonyl (C=O) groups is 1. The van der Waals surface area contributed by atoms with Gasteiger partial charge in [-0.1, -0.05) is 31.5 Å². The third-order valence-electron chi connectivity index (χ3n) is 6.70. The van der Waals surface area contributed by atoms with Crippen molar-refractivity contribution in [3.05, 3.63) is 57.5 Å². The molecule has 0 spiro atoms. The van der Waals surface area contributed by atoms with Crippen LogP contribution < -0.4 is 15.0 Å². The van der Waals surface area contributed by atoms with Gasteiger partial charge in [0.05, 0.1) is 17.7 Å². The Morgan fingerprint density at radius 1 is 1.26 bits per heavy atom. The number of fused-ring (bicyclic) bond motifs is 1. The maximum Gasteiger partial charge on any atom is 0.264 e. The number of nitrogens with zero attached hydrogens (tertiary/aromatic N) is 2. The van der Waals surface area contributed by atoms with Crippen molar-refractivity contribution in [3.63, 3.8) is 0 Å². The number of aliphatic imine (C=N–C) groups is 1. The lowest BCUT2D eigenvalue weighted by molar-refractivity contribution is -0.115. The van der Waals surface area contributed by atoms with E-state index in [-0.39, 0.29) is 11.4 Å². The van der Waals surface area contributed by atoms with Crippen molar-refractivity contribution in [2.24, 2.45) is 4.99 Å². The van der Waals surface area contributed by atoms with Gasteiger partial charge in [-0.15, -0.1) is 0 Å². The Morgan fingerprint density at radius 2 is 2.03 bits per heavy atom. The Morgan fingerprint density at radius 3 is 2.71 bits per heavy atom. The number of anilines is 1. The number of benzene rings is 2. The van der Waals surface area contributed by atoms with Crippen molar-refractivity contribution in [2.75, 3.05) is 18.6 Å². The van der Waals surface area contributed by atoms with Crippen molar-refractivity contribution < 1.29 is 9.53 Å². The number of thioether (sulfide) groups is 1. The topological polar surface area (TPSA) is 53.9 Å². The van der Waals surface area contributed by atoms with E-state index in [9.17, 15) is 4.79 Å². The number of methoxy groups -OCH3 is 1. The van der Waals surface area contributed by atoms with Gasteiger partial charge >= 0.3 is 0 Å². The molecule has 4 rings (SSSR count). The molecule has 6 heteroatoms. The van der Waals surface area contributed by atoms with E-state index in [4.69, 9.17) is 4.74 Å². The van der Waals surface area contributed by atoms with Crippen molar-refractivity contribution in [2.45, 2.75) is 65.8 Å². The lowest BCUT2D eigenvalue weighted by atomic mass is 9.79. The van der Waals surface area contributed by atoms with Gasteiger partial charge in [-0.25, -0.2) is 4.99 Å². The average Bonchev–Trinajstić information content (AvgIpc) is 3.11. The van der Waals surface area contributed by atoms with Crippen LogP contribution in [0.3, 0.4) is 0 Å². The van der Waals surface area contributed by atoms with E-state index in [0.717, 1.165) is 42.0 Å². The predicted molar refractivity (Wildman–Crippen MR) is 144 cm³/mol. The van der Waals surface area contributed by atoms with Crippen LogP contribution in [0.1, 0.15) is 68.7 Å². The normalized spacial score (nSPS) is 21.7. The summed E-state index contributed by atoms with van der Waals surface area (Å²) in [5.41, 5.74) is 6.72. The van der Waals surface area contributed by atoms with Gasteiger partial charge in [0, 0.05) is 29.4 Å². The van der Waals surface area contributed by atoms with Gasteiger partial charge in [-0.05, 0) is 87.6 Å². The van der Waals surface area contributed by atoms with Crippen molar-refractivity contribution in [1.82, 2.24) is 5.32 Å². The minimum Gasteiger partial charge on any atom is -0.496 e. The second-order valence-electron chi connectivity index (χ2n) is 9.99. The number of ether oxygens (including phenoxy) is 1. The molecule has 2 aromatic rings. The Bertz CT molecular complexity index is 1180. The van der Waals surface area contributed by atoms with Gasteiger partial charge < -0.3 is 15.0 Å². The number of rotatable bonds is 5. The third-order valence-corrected chi connectivity index (χ3v) is 7.61. The molecular weight excluding hydrogens is 442 g/mol. The second kappa shape index (κ2) is 9.49. The first-order chi connectivity index (χ1) is 16.1. The van der Waals surface area contributed by atoms with Crippen LogP contribution in [0, 0.1) is 13.8 Å². The summed E-state index contributed by atoms with van der Waals surface area (Å²) in [6.45, 7) is 14.3. The molecule has 2 aliphatic heterocycles. The molecule has 5 nitrogen and oxygen atoms in total. The average molecular weight is 478 g/mol. The highest BCUT2D eigenvalue weighted by molar-refractivity contribution is 8.18. The first kappa shape index (κ1) is 24.4. The van der Waals surface area contributed by atoms with E-state index in [0.29, 0.717) is 16.0 Å². The monoisotopic (exact) mass is 477 g/mol. The molecule has 1 saturated heterocycles. The van der Waals surface area contributed by atoms with Crippen molar-refractivity contribution >= 4 is 40.3 Å². The van der Waals surface area contributed by atoms with E-state index in [1.165, 1.54) is 28.6 Å². The fourth-order valence-electron chi connectivity index (χ4n) is 5.13. The molecule has 0 radical (unpaired) electrons. The summed E-state index contributed by atoms with van der Waals surface area (Å²) in [6.07, 6.45) is 4.11. The number of hydrogen-bond donors (Lipinski definition) is 1. The quantitative estimate of drug-likeness (QED) is 0.487. The van der Waals surface area contributed by atoms with Gasteiger partial charge in [0.25, 0.3) is 5.91 Å². The fourth-order valence-corrected chi connectivity index (χ4v) is 5.95. The molecule has 1 amide bonds. The SMILES string of the molecule is CCCN1c2cc(OC)c(/C=C3/SC(=Nc4ccc(C)cc4C)NC3=O)cc2C(C)CC1(C)C. The summed E-state index contributed by atoms with van der Waals surface area (Å²) in [5, 5.41) is 3.52. The predicted octanol–water partition coefficient (Wildman–Crippen LogP) is 6.71. The van der Waals surface area contributed by atoms with Gasteiger partial charge in [-0.2, -0.15) is 0 Å². The number of amides is 1. The largest absolute Gasteiger partial charge is 0.496 e. The van der Waals surface area contributed by atoms with Crippen LogP contribution in [0.15, 0.2) is 40.2 Å². The van der Waals surface area contributed by atoms with Crippen molar-refractivity contribution in [3.8, 4) is 5.75 Å². The number of amidine groups is 1. The maximum atomic E-state index is 12.8. The van der Waals surface area contributed by atoms with Crippen LogP contribution in [-0.2, 0) is 4.79 Å². The lowest BCUT2D eigenvalue weighted by Gasteiger charge is -2.47. The van der Waals surface area contributed by atoms with Gasteiger partial charge in [0.15, 0.2) is 5.17 Å². The standard InChI is InChI=1S/C28H35N3O2S/c1-8-11-31-23-15-24(33-7)20(13-21(23)19(4)16-28(31,5)6)14-25-26(32)30-27(34-25)29-22-10-9-17(2)12-18(22)3/h9-10,12-15,19H,8,11,16H2,1-7H3,(H,29,30,32)/b25-14+. The highest BCUT2D eigenvalue weighted by Crippen LogP contribution is 2.46. The van der Waals surface area contributed by atoms with E-state index >= 15 is 0 Å². The van der Waals surface area contributed by atoms with Crippen LogP contribution in [-0.4, -0.2) is 30.3 Å². The maximum absolute atomic E-state index is 12.8. The molecular formula is C28H35N3O2S. The molecule has 1 unspecified atom stereocenters. The van der Waals surface area contributed by atoms with Gasteiger partial charge in [0.2, 0.25) is 0 Å². The molecule has 2 heterocycles. The van der Waals surface area contributed by atoms with Gasteiger partial charge in [0.1, 0.15) is 5.75 Å². The molecule has 34 heavy (non-hydrogen) atoms. The zero-order valence-corrected chi connectivity index (χ0v) is 22.1. The Kier molecular flexibility index (Phi) is 6.81. The summed E-state index contributed by atoms with van der Waals surface area (Å²) >= 11 is 1.37. The molecule has 1 atom stereocenters. The van der Waals surface area contributed by atoms with E-state index < -0.39 is 0 Å². The Hall–Kier alpha value is -2.73. The first-order valence-electron chi connectivity index (χ1n) is 12.0. The zero-order chi connectivity index (χ0) is 24.6. The highest BCUT2D eigenvalue weighted by Gasteiger charge is 2.36. The Labute approximate surface area is 207 Å². The van der Waals surface area contributed by atoms with E-state index in [1.54, 1.807) is 7.11 Å². The summed E-state index contributed by atoms with van der Waals surface area (Å²) in [7, 11) is 1.69. The summed E-state index contributed by atoms with van der Waals surface area (Å²) < 4.78 is 5.79. The second-order valence-corrected chi connectivity index (χ2v) is 11.0. The summed E-state index contributed by atoms with van der Waals surface area (Å²) in [4.78, 5) is 20.6. The molecule has 0 saturated carbocycles. The van der Waals surface area contributed by atoms with Crippen LogP contribution in [0.4, 0.5) is 11.4 Å². The van der Waals surface area contributed by atoms with Crippen molar-refractivity contribution in [1.29, 1.82) is 0 Å². The molecule has 2 aromatic carbocycles. The third kappa shape index (κ3) is 4.74. The lowest BCUT2D eigenvalue weighted by Crippen LogP contribution is -2.48. The van der Waals surface area contributed by atoms with E-state index in [1.807, 2.05) is 25.1 Å². The van der Waals surface area contributed by atoms with E-state index in [2.05, 4.69) is 68.0 Å². The number of nitrogens with one attached hydrogen (secondary N) is 1. The van der Waals surface area contributed by atoms with Crippen LogP contribution in [0.25, 0.3) is 6.08 Å². The fraction of sp³-hybridized carbons (Fsp3) is 0.429. The van der Waals surface area contributed by atoms with Gasteiger partial charge in [-0.3, -0.25) is 4.79 Å². The Balaban J connectivity index is 1.70. The molecule has 0 bridgehead atoms. The molecule has 180 valence electrons.